The summed E-state index contributed by atoms with van der Waals surface area (Å²) in [4.78, 5) is 19.2. The highest BCUT2D eigenvalue weighted by Crippen LogP contribution is 1.56. The van der Waals surface area contributed by atoms with E-state index < -0.39 is 0 Å². The van der Waals surface area contributed by atoms with E-state index in [2.05, 4.69) is 11.1 Å². The van der Waals surface area contributed by atoms with Gasteiger partial charge in [-0.1, -0.05) is 0 Å². The number of hydrogen-bond acceptors (Lipinski definition) is 3. The van der Waals surface area contributed by atoms with Crippen LogP contribution in [0.4, 0.5) is 0 Å². The molecule has 0 saturated heterocycles. The summed E-state index contributed by atoms with van der Waals surface area (Å²) in [5.74, 6) is -0.436. The fourth-order valence-electron chi connectivity index (χ4n) is 0.232. The van der Waals surface area contributed by atoms with Gasteiger partial charge in [-0.15, -0.1) is 0 Å². The van der Waals surface area contributed by atoms with E-state index in [0.29, 0.717) is 6.54 Å². The molecule has 0 saturated carbocycles. The van der Waals surface area contributed by atoms with Crippen LogP contribution in [-0.4, -0.2) is 30.1 Å². The molecule has 0 aromatic heterocycles. The number of nitrogens with two attached hydrogens (primary N) is 1. The van der Waals surface area contributed by atoms with Crippen molar-refractivity contribution in [3.63, 3.8) is 0 Å². The highest BCUT2D eigenvalue weighted by atomic mass is 16.3. The van der Waals surface area contributed by atoms with Crippen LogP contribution in [0.2, 0.25) is 0 Å². The number of carbonyl (C=O) groups is 2. The predicted octanol–water partition coefficient (Wildman–Crippen LogP) is -1.39. The van der Waals surface area contributed by atoms with Crippen LogP contribution >= 0.6 is 0 Å². The molecular formula is C6H14N2O3. The standard InChI is InChI=1S/C4H9NO2.C2H5NO/c1-4(7)5-2-3-6;1-2(3)4/h6H,2-3H2,1H3,(H,5,7);1H3,(H2,3,4). The molecule has 0 spiro atoms. The minimum absolute atomic E-state index is 0.0135. The maximum Gasteiger partial charge on any atom is 0.216 e. The molecule has 11 heavy (non-hydrogen) atoms. The van der Waals surface area contributed by atoms with Gasteiger partial charge >= 0.3 is 0 Å². The topological polar surface area (TPSA) is 92.4 Å². The molecule has 0 rings (SSSR count). The maximum absolute atomic E-state index is 9.98. The van der Waals surface area contributed by atoms with E-state index >= 15 is 0 Å². The first-order valence-corrected chi connectivity index (χ1v) is 3.12. The molecule has 0 radical (unpaired) electrons. The molecule has 0 fully saturated rings. The molecule has 4 N–H and O–H groups in total. The largest absolute Gasteiger partial charge is 0.395 e. The number of rotatable bonds is 2. The highest BCUT2D eigenvalue weighted by molar-refractivity contribution is 5.72. The molecule has 0 heterocycles. The van der Waals surface area contributed by atoms with Crippen molar-refractivity contribution in [1.29, 1.82) is 0 Å². The van der Waals surface area contributed by atoms with Gasteiger partial charge in [0.25, 0.3) is 0 Å². The Morgan fingerprint density at radius 3 is 1.91 bits per heavy atom. The number of amides is 2. The van der Waals surface area contributed by atoms with Crippen LogP contribution < -0.4 is 11.1 Å². The Morgan fingerprint density at radius 1 is 1.45 bits per heavy atom. The third-order valence-corrected chi connectivity index (χ3v) is 0.486. The van der Waals surface area contributed by atoms with Gasteiger partial charge in [0.2, 0.25) is 11.8 Å². The Kier molecular flexibility index (Phi) is 10.2. The second kappa shape index (κ2) is 8.90. The third kappa shape index (κ3) is 50.4. The first kappa shape index (κ1) is 12.6. The van der Waals surface area contributed by atoms with Crippen LogP contribution in [0.1, 0.15) is 13.8 Å². The molecule has 0 unspecified atom stereocenters. The van der Waals surface area contributed by atoms with Crippen molar-refractivity contribution in [2.75, 3.05) is 13.2 Å². The summed E-state index contributed by atoms with van der Waals surface area (Å²) in [7, 11) is 0. The van der Waals surface area contributed by atoms with Gasteiger partial charge in [-0.2, -0.15) is 0 Å². The lowest BCUT2D eigenvalue weighted by molar-refractivity contribution is -0.119. The van der Waals surface area contributed by atoms with Gasteiger partial charge in [-0.25, -0.2) is 0 Å². The zero-order valence-corrected chi connectivity index (χ0v) is 6.76. The van der Waals surface area contributed by atoms with Crippen LogP contribution in [0.5, 0.6) is 0 Å². The highest BCUT2D eigenvalue weighted by Gasteiger charge is 1.83. The third-order valence-electron chi connectivity index (χ3n) is 0.486. The van der Waals surface area contributed by atoms with Crippen molar-refractivity contribution in [3.05, 3.63) is 0 Å². The quantitative estimate of drug-likeness (QED) is 0.466. The monoisotopic (exact) mass is 162 g/mol. The van der Waals surface area contributed by atoms with Crippen molar-refractivity contribution >= 4 is 11.8 Å². The molecule has 0 aliphatic heterocycles. The van der Waals surface area contributed by atoms with Crippen molar-refractivity contribution in [1.82, 2.24) is 5.32 Å². The number of aliphatic hydroxyl groups is 1. The SMILES string of the molecule is CC(=O)NCCO.CC(N)=O. The molecule has 66 valence electrons. The fourth-order valence-corrected chi connectivity index (χ4v) is 0.232. The number of primary amides is 1. The zero-order chi connectivity index (χ0) is 9.28. The van der Waals surface area contributed by atoms with Gasteiger partial charge in [-0.3, -0.25) is 9.59 Å². The molecule has 0 aliphatic carbocycles. The fraction of sp³-hybridized carbons (Fsp3) is 0.667. The van der Waals surface area contributed by atoms with Crippen molar-refractivity contribution in [3.8, 4) is 0 Å². The van der Waals surface area contributed by atoms with E-state index in [1.54, 1.807) is 0 Å². The summed E-state index contributed by atoms with van der Waals surface area (Å²) in [5.41, 5.74) is 4.47. The molecule has 0 atom stereocenters. The van der Waals surface area contributed by atoms with E-state index in [-0.39, 0.29) is 18.4 Å². The van der Waals surface area contributed by atoms with Gasteiger partial charge < -0.3 is 16.2 Å². The van der Waals surface area contributed by atoms with E-state index in [4.69, 9.17) is 5.11 Å². The van der Waals surface area contributed by atoms with Crippen molar-refractivity contribution < 1.29 is 14.7 Å². The Labute approximate surface area is 65.6 Å². The minimum atomic E-state index is -0.333. The zero-order valence-electron chi connectivity index (χ0n) is 6.76. The smallest absolute Gasteiger partial charge is 0.216 e. The molecule has 0 aromatic rings. The van der Waals surface area contributed by atoms with Gasteiger partial charge in [-0.05, 0) is 0 Å². The lowest BCUT2D eigenvalue weighted by atomic mass is 10.6. The minimum Gasteiger partial charge on any atom is -0.395 e. The molecule has 5 nitrogen and oxygen atoms in total. The van der Waals surface area contributed by atoms with E-state index in [9.17, 15) is 9.59 Å². The lowest BCUT2D eigenvalue weighted by Gasteiger charge is -1.93. The van der Waals surface area contributed by atoms with Crippen LogP contribution in [-0.2, 0) is 9.59 Å². The van der Waals surface area contributed by atoms with Crippen LogP contribution in [0.15, 0.2) is 0 Å². The number of nitrogens with one attached hydrogen (secondary N) is 1. The van der Waals surface area contributed by atoms with Gasteiger partial charge in [0.05, 0.1) is 6.61 Å². The molecular weight excluding hydrogens is 148 g/mol. The molecule has 0 aromatic carbocycles. The predicted molar refractivity (Wildman–Crippen MR) is 40.6 cm³/mol. The van der Waals surface area contributed by atoms with Crippen molar-refractivity contribution in [2.45, 2.75) is 13.8 Å². The van der Waals surface area contributed by atoms with Gasteiger partial charge in [0, 0.05) is 20.4 Å². The normalized spacial score (nSPS) is 7.55. The lowest BCUT2D eigenvalue weighted by Crippen LogP contribution is -2.22. The summed E-state index contributed by atoms with van der Waals surface area (Å²) in [6.07, 6.45) is 0. The van der Waals surface area contributed by atoms with E-state index in [1.807, 2.05) is 0 Å². The average molecular weight is 162 g/mol. The van der Waals surface area contributed by atoms with Crippen LogP contribution in [0, 0.1) is 0 Å². The summed E-state index contributed by atoms with van der Waals surface area (Å²) in [6.45, 7) is 3.09. The maximum atomic E-state index is 9.98. The number of aliphatic hydroxyl groups excluding tert-OH is 1. The van der Waals surface area contributed by atoms with Gasteiger partial charge in [0.1, 0.15) is 0 Å². The summed E-state index contributed by atoms with van der Waals surface area (Å²) >= 11 is 0. The van der Waals surface area contributed by atoms with E-state index in [0.717, 1.165) is 0 Å². The molecule has 0 aliphatic rings. The molecule has 5 heteroatoms. The van der Waals surface area contributed by atoms with Crippen LogP contribution in [0.25, 0.3) is 0 Å². The Balaban J connectivity index is 0. The van der Waals surface area contributed by atoms with Gasteiger partial charge in [0.15, 0.2) is 0 Å². The Hall–Kier alpha value is -1.10. The number of carbonyl (C=O) groups excluding carboxylic acids is 2. The molecule has 0 bridgehead atoms. The number of hydrogen-bond donors (Lipinski definition) is 3. The second-order valence-electron chi connectivity index (χ2n) is 1.82. The Morgan fingerprint density at radius 2 is 1.82 bits per heavy atom. The van der Waals surface area contributed by atoms with Crippen LogP contribution in [0.3, 0.4) is 0 Å². The second-order valence-corrected chi connectivity index (χ2v) is 1.82. The van der Waals surface area contributed by atoms with Crippen molar-refractivity contribution in [2.24, 2.45) is 5.73 Å². The average Bonchev–Trinajstić information content (AvgIpc) is 1.82. The first-order valence-electron chi connectivity index (χ1n) is 3.12. The summed E-state index contributed by atoms with van der Waals surface area (Å²) in [5, 5.41) is 10.5. The van der Waals surface area contributed by atoms with E-state index in [1.165, 1.54) is 13.8 Å². The first-order chi connectivity index (χ1) is 5.00. The molecule has 2 amide bonds. The Bertz CT molecular complexity index is 121. The summed E-state index contributed by atoms with van der Waals surface area (Å²) < 4.78 is 0. The summed E-state index contributed by atoms with van der Waals surface area (Å²) in [6, 6.07) is 0.